The van der Waals surface area contributed by atoms with Gasteiger partial charge in [0.15, 0.2) is 0 Å². The van der Waals surface area contributed by atoms with Crippen LogP contribution in [0.3, 0.4) is 0 Å². The topological polar surface area (TPSA) is 172 Å². The van der Waals surface area contributed by atoms with Crippen LogP contribution in [0.5, 0.6) is 11.5 Å². The van der Waals surface area contributed by atoms with Crippen molar-refractivity contribution in [2.45, 2.75) is 87.0 Å². The Morgan fingerprint density at radius 2 is 1.85 bits per heavy atom. The molecular weight excluding hydrogens is 818 g/mol. The molecule has 2 saturated heterocycles. The molecule has 7 aliphatic rings. The maximum Gasteiger partial charge on any atom is 0.293 e. The zero-order chi connectivity index (χ0) is 42.4. The Morgan fingerprint density at radius 3 is 2.57 bits per heavy atom. The molecule has 4 saturated carbocycles. The second-order valence-corrected chi connectivity index (χ2v) is 21.8. The molecule has 2 aromatic heterocycles. The second-order valence-electron chi connectivity index (χ2n) is 19.3. The summed E-state index contributed by atoms with van der Waals surface area (Å²) in [6, 6.07) is 12.4. The summed E-state index contributed by atoms with van der Waals surface area (Å²) in [5, 5.41) is 16.0. The fourth-order valence-corrected chi connectivity index (χ4v) is 12.3. The number of alkyl halides is 1. The number of sulfonamides is 1. The number of fused-ring (bicyclic) bond motifs is 1. The number of amides is 1. The van der Waals surface area contributed by atoms with Crippen LogP contribution in [-0.2, 0) is 14.8 Å². The van der Waals surface area contributed by atoms with Gasteiger partial charge in [0.2, 0.25) is 0 Å². The number of benzene rings is 2. The predicted molar refractivity (Wildman–Crippen MR) is 233 cm³/mol. The fraction of sp³-hybridized carbons (Fsp3) is 0.511. The van der Waals surface area contributed by atoms with Crippen molar-refractivity contribution in [1.29, 1.82) is 0 Å². The number of piperazine rings is 1. The summed E-state index contributed by atoms with van der Waals surface area (Å²) in [5.41, 5.74) is 5.19. The van der Waals surface area contributed by atoms with Crippen LogP contribution in [0.15, 0.2) is 77.0 Å². The Bertz CT molecular complexity index is 2560. The number of halogens is 1. The zero-order valence-electron chi connectivity index (χ0n) is 34.6. The standard InChI is InChI=1S/C45H52ClN7O7S/c1-42(2)9-7-31(36(21-42)43-26-44(46,27-43)28-43)24-51-13-15-52(16-14-51)32-3-5-35(39(18-32)60-33-17-30-8-12-47-40(30)49-23-33)41(54)50-61(57,58)34-4-6-37(38(19-34)53(55)56)48-22-29-20-45(10-11-45)59-25-29/h3-6,8,12,17-19,23,29,48H,7,9-11,13-16,20-22,24-28H2,1-2H3,(H,47,49)(H,50,54). The van der Waals surface area contributed by atoms with Gasteiger partial charge in [0.25, 0.3) is 21.6 Å². The van der Waals surface area contributed by atoms with Gasteiger partial charge in [-0.1, -0.05) is 25.0 Å². The number of hydrogen-bond donors (Lipinski definition) is 3. The lowest BCUT2D eigenvalue weighted by Crippen LogP contribution is -2.65. The van der Waals surface area contributed by atoms with Crippen LogP contribution in [0.2, 0.25) is 0 Å². The summed E-state index contributed by atoms with van der Waals surface area (Å²) < 4.78 is 41.8. The number of carbonyl (C=O) groups excluding carboxylic acids is 1. The van der Waals surface area contributed by atoms with E-state index in [-0.39, 0.29) is 33.4 Å². The number of hydrogen-bond acceptors (Lipinski definition) is 11. The third kappa shape index (κ3) is 7.87. The average molecular weight is 870 g/mol. The van der Waals surface area contributed by atoms with Gasteiger partial charge in [-0.25, -0.2) is 18.1 Å². The molecule has 3 N–H and O–H groups in total. The fourth-order valence-electron chi connectivity index (χ4n) is 10.6. The van der Waals surface area contributed by atoms with E-state index in [1.54, 1.807) is 41.6 Å². The lowest BCUT2D eigenvalue weighted by atomic mass is 9.39. The number of aromatic nitrogens is 2. The van der Waals surface area contributed by atoms with Gasteiger partial charge < -0.3 is 24.7 Å². The minimum absolute atomic E-state index is 0.0212. The summed E-state index contributed by atoms with van der Waals surface area (Å²) >= 11 is 6.74. The van der Waals surface area contributed by atoms with Gasteiger partial charge in [-0.2, -0.15) is 0 Å². The first-order chi connectivity index (χ1) is 29.1. The van der Waals surface area contributed by atoms with Gasteiger partial charge in [0.1, 0.15) is 22.8 Å². The van der Waals surface area contributed by atoms with E-state index in [1.807, 2.05) is 6.07 Å². The Kier molecular flexibility index (Phi) is 9.73. The smallest absolute Gasteiger partial charge is 0.293 e. The van der Waals surface area contributed by atoms with Crippen molar-refractivity contribution >= 4 is 55.6 Å². The number of nitro benzene ring substituents is 1. The lowest BCUT2D eigenvalue weighted by Gasteiger charge is -2.70. The molecule has 16 heteroatoms. The molecule has 1 amide bonds. The van der Waals surface area contributed by atoms with E-state index in [2.05, 4.69) is 43.7 Å². The van der Waals surface area contributed by atoms with Gasteiger partial charge in [0.05, 0.1) is 33.8 Å². The van der Waals surface area contributed by atoms with Crippen molar-refractivity contribution in [1.82, 2.24) is 19.6 Å². The number of anilines is 2. The minimum atomic E-state index is -4.55. The SMILES string of the molecule is CC1(C)CCC(CN2CCN(c3ccc(C(=O)NS(=O)(=O)c4ccc(NCC5COC6(CC6)C5)c([N+](=O)[O-])c4)c(Oc4cnc5[nH]ccc5c4)c3)CC2)=C(C23CC(Cl)(C2)C3)C1. The number of nitrogens with one attached hydrogen (secondary N) is 3. The Morgan fingerprint density at radius 1 is 1.07 bits per heavy atom. The molecule has 4 heterocycles. The van der Waals surface area contributed by atoms with Gasteiger partial charge in [-0.05, 0) is 105 Å². The van der Waals surface area contributed by atoms with E-state index in [4.69, 9.17) is 21.1 Å². The number of aromatic amines is 1. The van der Waals surface area contributed by atoms with Crippen molar-refractivity contribution in [3.63, 3.8) is 0 Å². The molecule has 5 aliphatic carbocycles. The monoisotopic (exact) mass is 869 g/mol. The van der Waals surface area contributed by atoms with Crippen molar-refractivity contribution in [2.75, 3.05) is 56.1 Å². The number of nitrogens with zero attached hydrogens (tertiary/aromatic N) is 4. The third-order valence-corrected chi connectivity index (χ3v) is 15.9. The molecule has 2 aliphatic heterocycles. The number of ether oxygens (including phenoxy) is 2. The average Bonchev–Trinajstić information content (AvgIpc) is 3.59. The molecule has 61 heavy (non-hydrogen) atoms. The normalized spacial score (nSPS) is 26.5. The molecule has 2 bridgehead atoms. The number of nitro groups is 1. The van der Waals surface area contributed by atoms with E-state index in [0.29, 0.717) is 35.4 Å². The predicted octanol–water partition coefficient (Wildman–Crippen LogP) is 8.15. The van der Waals surface area contributed by atoms with Crippen LogP contribution < -0.4 is 19.7 Å². The molecule has 322 valence electrons. The lowest BCUT2D eigenvalue weighted by molar-refractivity contribution is -0.384. The summed E-state index contributed by atoms with van der Waals surface area (Å²) in [5.74, 6) is -0.227. The van der Waals surface area contributed by atoms with Crippen molar-refractivity contribution in [3.05, 3.63) is 87.7 Å². The van der Waals surface area contributed by atoms with Crippen molar-refractivity contribution < 1.29 is 27.6 Å². The summed E-state index contributed by atoms with van der Waals surface area (Å²) in [6.45, 7) is 10.1. The molecule has 1 unspecified atom stereocenters. The minimum Gasteiger partial charge on any atom is -0.455 e. The van der Waals surface area contributed by atoms with Crippen LogP contribution >= 0.6 is 11.6 Å². The molecule has 4 aromatic rings. The van der Waals surface area contributed by atoms with Crippen LogP contribution in [0.25, 0.3) is 11.0 Å². The van der Waals surface area contributed by atoms with Gasteiger partial charge in [-0.3, -0.25) is 19.8 Å². The summed E-state index contributed by atoms with van der Waals surface area (Å²) in [6.07, 6.45) is 13.1. The number of H-pyrrole nitrogens is 1. The Labute approximate surface area is 360 Å². The first-order valence-electron chi connectivity index (χ1n) is 21.4. The molecule has 14 nitrogen and oxygen atoms in total. The molecule has 1 atom stereocenters. The van der Waals surface area contributed by atoms with Crippen LogP contribution in [0, 0.1) is 26.9 Å². The number of carbonyl (C=O) groups is 1. The van der Waals surface area contributed by atoms with Gasteiger partial charge >= 0.3 is 0 Å². The largest absolute Gasteiger partial charge is 0.455 e. The van der Waals surface area contributed by atoms with Gasteiger partial charge in [0, 0.05) is 79.5 Å². The summed E-state index contributed by atoms with van der Waals surface area (Å²) in [4.78, 5) is 37.3. The quantitative estimate of drug-likeness (QED) is 0.0513. The highest BCUT2D eigenvalue weighted by atomic mass is 35.5. The second kappa shape index (κ2) is 14.7. The first-order valence-corrected chi connectivity index (χ1v) is 23.3. The zero-order valence-corrected chi connectivity index (χ0v) is 36.2. The highest BCUT2D eigenvalue weighted by Crippen LogP contribution is 2.75. The molecule has 0 radical (unpaired) electrons. The summed E-state index contributed by atoms with van der Waals surface area (Å²) in [7, 11) is -4.55. The third-order valence-electron chi connectivity index (χ3n) is 14.1. The van der Waals surface area contributed by atoms with Crippen LogP contribution in [0.4, 0.5) is 17.1 Å². The molecule has 11 rings (SSSR count). The molecular formula is C45H52ClN7O7S. The number of allylic oxidation sites excluding steroid dienone is 1. The van der Waals surface area contributed by atoms with Crippen LogP contribution in [0.1, 0.15) is 82.0 Å². The van der Waals surface area contributed by atoms with E-state index < -0.39 is 31.4 Å². The van der Waals surface area contributed by atoms with Crippen molar-refractivity contribution in [2.24, 2.45) is 16.7 Å². The highest BCUT2D eigenvalue weighted by Gasteiger charge is 2.69. The maximum atomic E-state index is 13.9. The highest BCUT2D eigenvalue weighted by molar-refractivity contribution is 7.90. The first kappa shape index (κ1) is 40.4. The Balaban J connectivity index is 0.856. The number of rotatable bonds is 13. The van der Waals surface area contributed by atoms with E-state index in [1.165, 1.54) is 24.8 Å². The Hall–Kier alpha value is -4.70. The van der Waals surface area contributed by atoms with Crippen LogP contribution in [-0.4, -0.2) is 90.5 Å². The van der Waals surface area contributed by atoms with E-state index in [0.717, 1.165) is 101 Å². The van der Waals surface area contributed by atoms with Crippen molar-refractivity contribution in [3.8, 4) is 11.5 Å². The molecule has 2 aromatic carbocycles. The molecule has 6 fully saturated rings. The van der Waals surface area contributed by atoms with E-state index >= 15 is 0 Å². The molecule has 1 spiro atoms. The van der Waals surface area contributed by atoms with Gasteiger partial charge in [-0.15, -0.1) is 11.6 Å². The number of pyridine rings is 1. The maximum absolute atomic E-state index is 13.9. The van der Waals surface area contributed by atoms with E-state index in [9.17, 15) is 23.3 Å².